The van der Waals surface area contributed by atoms with E-state index in [0.717, 1.165) is 0 Å². The first-order valence-electron chi connectivity index (χ1n) is 5.78. The lowest BCUT2D eigenvalue weighted by molar-refractivity contribution is 0.0602. The van der Waals surface area contributed by atoms with E-state index < -0.39 is 5.97 Å². The summed E-state index contributed by atoms with van der Waals surface area (Å²) < 4.78 is 9.34. The second-order valence-electron chi connectivity index (χ2n) is 3.94. The minimum atomic E-state index is -0.513. The van der Waals surface area contributed by atoms with Crippen molar-refractivity contribution in [2.75, 3.05) is 24.7 Å². The number of hydrogen-bond donors (Lipinski definition) is 2. The highest BCUT2D eigenvalue weighted by Crippen LogP contribution is 2.29. The molecule has 0 saturated carbocycles. The van der Waals surface area contributed by atoms with Gasteiger partial charge in [-0.05, 0) is 12.1 Å². The number of anilines is 2. The topological polar surface area (TPSA) is 103 Å². The number of nitrogens with zero attached hydrogens (tertiary/aromatic N) is 2. The standard InChI is InChI=1S/C12H13ClN4O3/c1-19-12(18)8-4-7(14)5-9(13)11(8)15-3-2-10-16-6-20-17-10/h4-6,15H,2-3,14H2,1H3. The zero-order chi connectivity index (χ0) is 14.5. The van der Waals surface area contributed by atoms with Gasteiger partial charge in [0.2, 0.25) is 6.39 Å². The number of nitrogens with two attached hydrogens (primary N) is 1. The number of carbonyl (C=O) groups excluding carboxylic acids is 1. The minimum Gasteiger partial charge on any atom is -0.465 e. The molecule has 0 atom stereocenters. The van der Waals surface area contributed by atoms with Crippen molar-refractivity contribution in [1.29, 1.82) is 0 Å². The van der Waals surface area contributed by atoms with Gasteiger partial charge in [0.15, 0.2) is 5.82 Å². The Kier molecular flexibility index (Phi) is 4.41. The summed E-state index contributed by atoms with van der Waals surface area (Å²) in [5, 5.41) is 7.09. The highest BCUT2D eigenvalue weighted by molar-refractivity contribution is 6.34. The summed E-state index contributed by atoms with van der Waals surface area (Å²) in [6, 6.07) is 3.07. The molecule has 0 radical (unpaired) electrons. The van der Waals surface area contributed by atoms with E-state index in [1.807, 2.05) is 0 Å². The van der Waals surface area contributed by atoms with E-state index in [4.69, 9.17) is 22.1 Å². The number of nitrogen functional groups attached to an aromatic ring is 1. The van der Waals surface area contributed by atoms with Gasteiger partial charge in [0, 0.05) is 18.7 Å². The van der Waals surface area contributed by atoms with Crippen LogP contribution in [0.2, 0.25) is 5.02 Å². The molecule has 0 aliphatic rings. The molecule has 0 bridgehead atoms. The van der Waals surface area contributed by atoms with Crippen molar-refractivity contribution in [1.82, 2.24) is 10.1 Å². The second kappa shape index (κ2) is 6.25. The van der Waals surface area contributed by atoms with Crippen molar-refractivity contribution in [3.05, 3.63) is 34.9 Å². The third-order valence-corrected chi connectivity index (χ3v) is 2.87. The predicted molar refractivity (Wildman–Crippen MR) is 73.7 cm³/mol. The molecule has 2 aromatic rings. The molecule has 7 nitrogen and oxygen atoms in total. The summed E-state index contributed by atoms with van der Waals surface area (Å²) in [5.41, 5.74) is 6.81. The van der Waals surface area contributed by atoms with Gasteiger partial charge in [0.05, 0.1) is 23.4 Å². The van der Waals surface area contributed by atoms with E-state index in [2.05, 4.69) is 20.0 Å². The summed E-state index contributed by atoms with van der Waals surface area (Å²) in [7, 11) is 1.29. The number of aromatic nitrogens is 2. The van der Waals surface area contributed by atoms with Crippen molar-refractivity contribution in [3.8, 4) is 0 Å². The molecule has 1 aromatic carbocycles. The largest absolute Gasteiger partial charge is 0.465 e. The monoisotopic (exact) mass is 296 g/mol. The fourth-order valence-electron chi connectivity index (χ4n) is 1.68. The summed E-state index contributed by atoms with van der Waals surface area (Å²) in [5.74, 6) is 0.0462. The highest BCUT2D eigenvalue weighted by Gasteiger charge is 2.16. The first kappa shape index (κ1) is 14.1. The number of nitrogens with one attached hydrogen (secondary N) is 1. The van der Waals surface area contributed by atoms with Crippen molar-refractivity contribution < 1.29 is 14.1 Å². The highest BCUT2D eigenvalue weighted by atomic mass is 35.5. The van der Waals surface area contributed by atoms with Gasteiger partial charge in [-0.15, -0.1) is 0 Å². The summed E-state index contributed by atoms with van der Waals surface area (Å²) >= 11 is 6.10. The number of rotatable bonds is 5. The first-order chi connectivity index (χ1) is 9.61. The Morgan fingerprint density at radius 2 is 2.35 bits per heavy atom. The molecule has 0 unspecified atom stereocenters. The number of halogens is 1. The van der Waals surface area contributed by atoms with Crippen molar-refractivity contribution in [3.63, 3.8) is 0 Å². The number of hydrogen-bond acceptors (Lipinski definition) is 7. The van der Waals surface area contributed by atoms with Crippen LogP contribution in [0.15, 0.2) is 23.0 Å². The summed E-state index contributed by atoms with van der Waals surface area (Å²) in [6.45, 7) is 0.479. The SMILES string of the molecule is COC(=O)c1cc(N)cc(Cl)c1NCCc1ncon1. The maximum absolute atomic E-state index is 11.7. The Balaban J connectivity index is 2.15. The molecule has 1 heterocycles. The Bertz CT molecular complexity index is 601. The van der Waals surface area contributed by atoms with Gasteiger partial charge in [-0.1, -0.05) is 16.8 Å². The molecule has 0 aliphatic heterocycles. The summed E-state index contributed by atoms with van der Waals surface area (Å²) in [4.78, 5) is 15.6. The molecule has 0 saturated heterocycles. The van der Waals surface area contributed by atoms with Crippen molar-refractivity contribution in [2.45, 2.75) is 6.42 Å². The Hall–Kier alpha value is -2.28. The molecule has 20 heavy (non-hydrogen) atoms. The molecule has 3 N–H and O–H groups in total. The number of benzene rings is 1. The second-order valence-corrected chi connectivity index (χ2v) is 4.35. The van der Waals surface area contributed by atoms with Crippen LogP contribution in [0.3, 0.4) is 0 Å². The van der Waals surface area contributed by atoms with E-state index in [0.29, 0.717) is 35.2 Å². The van der Waals surface area contributed by atoms with Gasteiger partial charge < -0.3 is 20.3 Å². The van der Waals surface area contributed by atoms with Gasteiger partial charge in [-0.25, -0.2) is 4.79 Å². The average Bonchev–Trinajstić information content (AvgIpc) is 2.93. The lowest BCUT2D eigenvalue weighted by Gasteiger charge is -2.13. The van der Waals surface area contributed by atoms with Crippen LogP contribution in [0, 0.1) is 0 Å². The third kappa shape index (κ3) is 3.18. The van der Waals surface area contributed by atoms with E-state index in [9.17, 15) is 4.79 Å². The smallest absolute Gasteiger partial charge is 0.340 e. The summed E-state index contributed by atoms with van der Waals surface area (Å²) in [6.07, 6.45) is 1.78. The normalized spacial score (nSPS) is 10.3. The fraction of sp³-hybridized carbons (Fsp3) is 0.250. The van der Waals surface area contributed by atoms with Crippen LogP contribution in [0.1, 0.15) is 16.2 Å². The quantitative estimate of drug-likeness (QED) is 0.640. The van der Waals surface area contributed by atoms with Gasteiger partial charge in [0.1, 0.15) is 0 Å². The van der Waals surface area contributed by atoms with Gasteiger partial charge in [-0.2, -0.15) is 4.98 Å². The molecule has 0 amide bonds. The van der Waals surface area contributed by atoms with Crippen LogP contribution in [0.5, 0.6) is 0 Å². The minimum absolute atomic E-state index is 0.283. The lowest BCUT2D eigenvalue weighted by atomic mass is 10.1. The average molecular weight is 297 g/mol. The molecule has 2 rings (SSSR count). The molecule has 8 heteroatoms. The number of methoxy groups -OCH3 is 1. The third-order valence-electron chi connectivity index (χ3n) is 2.58. The van der Waals surface area contributed by atoms with E-state index in [1.165, 1.54) is 19.6 Å². The Labute approximate surface area is 120 Å². The number of ether oxygens (including phenoxy) is 1. The van der Waals surface area contributed by atoms with Crippen LogP contribution in [-0.2, 0) is 11.2 Å². The van der Waals surface area contributed by atoms with Crippen LogP contribution < -0.4 is 11.1 Å². The molecule has 0 aliphatic carbocycles. The molecule has 106 valence electrons. The van der Waals surface area contributed by atoms with Crippen LogP contribution in [-0.4, -0.2) is 29.8 Å². The van der Waals surface area contributed by atoms with Crippen LogP contribution >= 0.6 is 11.6 Å². The maximum Gasteiger partial charge on any atom is 0.340 e. The molecule has 0 fully saturated rings. The first-order valence-corrected chi connectivity index (χ1v) is 6.16. The molecule has 0 spiro atoms. The predicted octanol–water partition coefficient (Wildman–Crippen LogP) is 1.75. The zero-order valence-corrected chi connectivity index (χ0v) is 11.5. The molecule has 1 aromatic heterocycles. The number of carbonyl (C=O) groups is 1. The van der Waals surface area contributed by atoms with E-state index in [1.54, 1.807) is 6.07 Å². The van der Waals surface area contributed by atoms with E-state index in [-0.39, 0.29) is 5.56 Å². The van der Waals surface area contributed by atoms with Crippen LogP contribution in [0.25, 0.3) is 0 Å². The van der Waals surface area contributed by atoms with Gasteiger partial charge >= 0.3 is 5.97 Å². The van der Waals surface area contributed by atoms with Gasteiger partial charge in [0.25, 0.3) is 0 Å². The van der Waals surface area contributed by atoms with E-state index >= 15 is 0 Å². The Morgan fingerprint density at radius 1 is 1.55 bits per heavy atom. The zero-order valence-electron chi connectivity index (χ0n) is 10.7. The van der Waals surface area contributed by atoms with Crippen LogP contribution in [0.4, 0.5) is 11.4 Å². The fourth-order valence-corrected chi connectivity index (χ4v) is 1.97. The number of esters is 1. The lowest BCUT2D eigenvalue weighted by Crippen LogP contribution is -2.12. The van der Waals surface area contributed by atoms with Gasteiger partial charge in [-0.3, -0.25) is 0 Å². The molecular weight excluding hydrogens is 284 g/mol. The van der Waals surface area contributed by atoms with Crippen molar-refractivity contribution in [2.24, 2.45) is 0 Å². The molecular formula is C12H13ClN4O3. The maximum atomic E-state index is 11.7. The Morgan fingerprint density at radius 3 is 3.00 bits per heavy atom. The van der Waals surface area contributed by atoms with Crippen molar-refractivity contribution >= 4 is 28.9 Å².